The number of nitrogens with zero attached hydrogens (tertiary/aromatic N) is 1. The van der Waals surface area contributed by atoms with Crippen LogP contribution in [0.1, 0.15) is 54.4 Å². The second-order valence-corrected chi connectivity index (χ2v) is 8.02. The van der Waals surface area contributed by atoms with Crippen molar-refractivity contribution in [2.24, 2.45) is 5.92 Å². The Morgan fingerprint density at radius 2 is 1.92 bits per heavy atom. The van der Waals surface area contributed by atoms with E-state index in [4.69, 9.17) is 4.74 Å². The molecule has 144 valence electrons. The standard InChI is InChI=1S/C19H23BrF3NO2/c1-26-17-11-13(19(21,22)23)10-14(20)18(17)16(25)9-12-5-4-6-15(12)24-7-2-3-8-24/h10-12,15H,2-9H2,1H3/t12-,15-/m1/s1. The molecule has 2 atom stereocenters. The normalized spacial score (nSPS) is 24.2. The fraction of sp³-hybridized carbons (Fsp3) is 0.632. The van der Waals surface area contributed by atoms with Gasteiger partial charge in [0.05, 0.1) is 18.2 Å². The Balaban J connectivity index is 1.81. The third-order valence-corrected chi connectivity index (χ3v) is 6.18. The maximum absolute atomic E-state index is 13.0. The number of benzene rings is 1. The van der Waals surface area contributed by atoms with Gasteiger partial charge in [0.2, 0.25) is 0 Å². The number of ketones is 1. The van der Waals surface area contributed by atoms with Crippen molar-refractivity contribution in [1.29, 1.82) is 0 Å². The number of likely N-dealkylation sites (tertiary alicyclic amines) is 1. The molecule has 1 saturated carbocycles. The summed E-state index contributed by atoms with van der Waals surface area (Å²) in [6, 6.07) is 2.29. The molecule has 0 bridgehead atoms. The average molecular weight is 434 g/mol. The number of hydrogen-bond acceptors (Lipinski definition) is 3. The van der Waals surface area contributed by atoms with Crippen molar-refractivity contribution >= 4 is 21.7 Å². The van der Waals surface area contributed by atoms with Crippen molar-refractivity contribution in [1.82, 2.24) is 4.90 Å². The topological polar surface area (TPSA) is 29.5 Å². The minimum Gasteiger partial charge on any atom is -0.496 e. The maximum atomic E-state index is 13.0. The Bertz CT molecular complexity index is 671. The second-order valence-electron chi connectivity index (χ2n) is 7.16. The van der Waals surface area contributed by atoms with Gasteiger partial charge in [-0.15, -0.1) is 0 Å². The van der Waals surface area contributed by atoms with E-state index < -0.39 is 11.7 Å². The minimum atomic E-state index is -4.48. The fourth-order valence-corrected chi connectivity index (χ4v) is 4.99. The molecular weight excluding hydrogens is 411 g/mol. The van der Waals surface area contributed by atoms with Crippen LogP contribution in [0.2, 0.25) is 0 Å². The molecule has 1 aliphatic heterocycles. The zero-order chi connectivity index (χ0) is 18.9. The molecule has 1 aromatic rings. The number of rotatable bonds is 5. The van der Waals surface area contributed by atoms with Crippen molar-refractivity contribution in [3.05, 3.63) is 27.7 Å². The Hall–Kier alpha value is -1.08. The lowest BCUT2D eigenvalue weighted by Crippen LogP contribution is -2.36. The van der Waals surface area contributed by atoms with Crippen LogP contribution in [0.15, 0.2) is 16.6 Å². The van der Waals surface area contributed by atoms with E-state index in [0.717, 1.165) is 44.5 Å². The molecule has 1 saturated heterocycles. The Morgan fingerprint density at radius 1 is 1.23 bits per heavy atom. The highest BCUT2D eigenvalue weighted by Crippen LogP contribution is 2.40. The zero-order valence-corrected chi connectivity index (χ0v) is 16.3. The van der Waals surface area contributed by atoms with E-state index in [9.17, 15) is 18.0 Å². The number of ether oxygens (including phenoxy) is 1. The summed E-state index contributed by atoms with van der Waals surface area (Å²) in [6.07, 6.45) is 1.47. The molecule has 0 radical (unpaired) electrons. The maximum Gasteiger partial charge on any atom is 0.416 e. The van der Waals surface area contributed by atoms with E-state index in [1.54, 1.807) is 0 Å². The van der Waals surface area contributed by atoms with Crippen LogP contribution in [0.5, 0.6) is 5.75 Å². The van der Waals surface area contributed by atoms with Gasteiger partial charge < -0.3 is 9.64 Å². The molecule has 2 fully saturated rings. The first-order valence-electron chi connectivity index (χ1n) is 9.03. The predicted octanol–water partition coefficient (Wildman–Crippen LogP) is 5.31. The van der Waals surface area contributed by atoms with Gasteiger partial charge in [-0.25, -0.2) is 0 Å². The molecule has 0 N–H and O–H groups in total. The van der Waals surface area contributed by atoms with Crippen LogP contribution in [-0.2, 0) is 6.18 Å². The van der Waals surface area contributed by atoms with Crippen LogP contribution in [-0.4, -0.2) is 36.9 Å². The van der Waals surface area contributed by atoms with Crippen LogP contribution in [0, 0.1) is 5.92 Å². The highest BCUT2D eigenvalue weighted by atomic mass is 79.9. The summed E-state index contributed by atoms with van der Waals surface area (Å²) in [4.78, 5) is 15.4. The SMILES string of the molecule is COc1cc(C(F)(F)F)cc(Br)c1C(=O)C[C@H]1CCC[C@H]1N1CCCC1. The molecule has 0 amide bonds. The van der Waals surface area contributed by atoms with E-state index in [1.807, 2.05) is 0 Å². The molecule has 3 nitrogen and oxygen atoms in total. The first-order valence-corrected chi connectivity index (χ1v) is 9.82. The van der Waals surface area contributed by atoms with E-state index in [0.29, 0.717) is 12.5 Å². The summed E-state index contributed by atoms with van der Waals surface area (Å²) in [7, 11) is 1.29. The average Bonchev–Trinajstić information content (AvgIpc) is 3.23. The Morgan fingerprint density at radius 3 is 2.54 bits per heavy atom. The van der Waals surface area contributed by atoms with Crippen molar-refractivity contribution in [2.75, 3.05) is 20.2 Å². The van der Waals surface area contributed by atoms with E-state index >= 15 is 0 Å². The third-order valence-electron chi connectivity index (χ3n) is 5.56. The molecule has 0 unspecified atom stereocenters. The largest absolute Gasteiger partial charge is 0.496 e. The number of halogens is 4. The summed E-state index contributed by atoms with van der Waals surface area (Å²) >= 11 is 3.15. The van der Waals surface area contributed by atoms with Crippen LogP contribution in [0.3, 0.4) is 0 Å². The molecule has 1 aliphatic carbocycles. The third kappa shape index (κ3) is 4.09. The lowest BCUT2D eigenvalue weighted by atomic mass is 9.92. The highest BCUT2D eigenvalue weighted by molar-refractivity contribution is 9.10. The van der Waals surface area contributed by atoms with Gasteiger partial charge in [-0.2, -0.15) is 13.2 Å². The van der Waals surface area contributed by atoms with Gasteiger partial charge in [0.1, 0.15) is 5.75 Å². The molecule has 1 heterocycles. The van der Waals surface area contributed by atoms with Gasteiger partial charge in [-0.1, -0.05) is 6.42 Å². The quantitative estimate of drug-likeness (QED) is 0.588. The van der Waals surface area contributed by atoms with E-state index in [-0.39, 0.29) is 27.5 Å². The van der Waals surface area contributed by atoms with Gasteiger partial charge in [0.15, 0.2) is 5.78 Å². The molecule has 2 aliphatic rings. The summed E-state index contributed by atoms with van der Waals surface area (Å²) in [5.74, 6) is 0.0884. The first kappa shape index (κ1) is 19.7. The first-order chi connectivity index (χ1) is 12.3. The van der Waals surface area contributed by atoms with E-state index in [2.05, 4.69) is 20.8 Å². The zero-order valence-electron chi connectivity index (χ0n) is 14.7. The minimum absolute atomic E-state index is 0.0209. The summed E-state index contributed by atoms with van der Waals surface area (Å²) in [5, 5.41) is 0. The predicted molar refractivity (Wildman–Crippen MR) is 96.6 cm³/mol. The van der Waals surface area contributed by atoms with Crippen molar-refractivity contribution < 1.29 is 22.7 Å². The molecule has 1 aromatic carbocycles. The van der Waals surface area contributed by atoms with Crippen molar-refractivity contribution in [2.45, 2.75) is 50.7 Å². The molecule has 26 heavy (non-hydrogen) atoms. The number of alkyl halides is 3. The number of carbonyl (C=O) groups is 1. The number of Topliss-reactive ketones (excluding diaryl/α,β-unsaturated/α-hetero) is 1. The smallest absolute Gasteiger partial charge is 0.416 e. The van der Waals surface area contributed by atoms with Crippen LogP contribution >= 0.6 is 15.9 Å². The summed E-state index contributed by atoms with van der Waals surface area (Å²) in [5.41, 5.74) is -0.610. The van der Waals surface area contributed by atoms with Crippen molar-refractivity contribution in [3.8, 4) is 5.75 Å². The van der Waals surface area contributed by atoms with Gasteiger partial charge >= 0.3 is 6.18 Å². The monoisotopic (exact) mass is 433 g/mol. The van der Waals surface area contributed by atoms with Crippen LogP contribution in [0.4, 0.5) is 13.2 Å². The van der Waals surface area contributed by atoms with Gasteiger partial charge in [-0.3, -0.25) is 4.79 Å². The number of carbonyl (C=O) groups excluding carboxylic acids is 1. The molecule has 3 rings (SSSR count). The van der Waals surface area contributed by atoms with Crippen LogP contribution < -0.4 is 4.74 Å². The lowest BCUT2D eigenvalue weighted by molar-refractivity contribution is -0.137. The fourth-order valence-electron chi connectivity index (χ4n) is 4.33. The molecule has 0 aromatic heterocycles. The van der Waals surface area contributed by atoms with Crippen LogP contribution in [0.25, 0.3) is 0 Å². The molecule has 7 heteroatoms. The summed E-state index contributed by atoms with van der Waals surface area (Å²) < 4.78 is 44.3. The molecular formula is C19H23BrF3NO2. The number of hydrogen-bond donors (Lipinski definition) is 0. The van der Waals surface area contributed by atoms with Gasteiger partial charge in [-0.05, 0) is 72.8 Å². The Kier molecular flexibility index (Phi) is 5.97. The second kappa shape index (κ2) is 7.89. The Labute approximate surface area is 160 Å². The number of methoxy groups -OCH3 is 1. The van der Waals surface area contributed by atoms with Gasteiger partial charge in [0, 0.05) is 16.9 Å². The molecule has 0 spiro atoms. The van der Waals surface area contributed by atoms with E-state index in [1.165, 1.54) is 20.0 Å². The highest BCUT2D eigenvalue weighted by Gasteiger charge is 2.37. The van der Waals surface area contributed by atoms with Gasteiger partial charge in [0.25, 0.3) is 0 Å². The van der Waals surface area contributed by atoms with Crippen molar-refractivity contribution in [3.63, 3.8) is 0 Å². The lowest BCUT2D eigenvalue weighted by Gasteiger charge is -2.29. The summed E-state index contributed by atoms with van der Waals surface area (Å²) in [6.45, 7) is 2.17.